The Bertz CT molecular complexity index is 292. The van der Waals surface area contributed by atoms with Gasteiger partial charge in [0.15, 0.2) is 5.82 Å². The molecule has 0 saturated heterocycles. The molecule has 2 N–H and O–H groups in total. The second kappa shape index (κ2) is 5.26. The van der Waals surface area contributed by atoms with Crippen LogP contribution >= 0.6 is 0 Å². The number of aliphatic hydroxyl groups excluding tert-OH is 1. The highest BCUT2D eigenvalue weighted by Gasteiger charge is 2.20. The van der Waals surface area contributed by atoms with E-state index in [1.165, 1.54) is 25.7 Å². The van der Waals surface area contributed by atoms with E-state index in [4.69, 9.17) is 5.11 Å². The molecule has 0 spiro atoms. The Morgan fingerprint density at radius 1 is 1.27 bits per heavy atom. The molecule has 1 heterocycles. The summed E-state index contributed by atoms with van der Waals surface area (Å²) in [5.41, 5.74) is 0. The minimum atomic E-state index is 0.267. The average Bonchev–Trinajstić information content (AvgIpc) is 2.87. The lowest BCUT2D eigenvalue weighted by atomic mass is 10.1. The van der Waals surface area contributed by atoms with Gasteiger partial charge in [0.25, 0.3) is 0 Å². The van der Waals surface area contributed by atoms with E-state index in [0.717, 1.165) is 30.9 Å². The van der Waals surface area contributed by atoms with Crippen molar-refractivity contribution in [2.24, 2.45) is 0 Å². The summed E-state index contributed by atoms with van der Waals surface area (Å²) in [5, 5.41) is 16.0. The first-order chi connectivity index (χ1) is 7.40. The van der Waals surface area contributed by atoms with E-state index in [0.29, 0.717) is 5.92 Å². The minimum absolute atomic E-state index is 0.267. The van der Waals surface area contributed by atoms with Crippen molar-refractivity contribution in [3.63, 3.8) is 0 Å². The molecular weight excluding hydrogens is 190 g/mol. The van der Waals surface area contributed by atoms with Gasteiger partial charge in [0.2, 0.25) is 0 Å². The quantitative estimate of drug-likeness (QED) is 0.727. The van der Waals surface area contributed by atoms with Crippen molar-refractivity contribution in [1.29, 1.82) is 0 Å². The van der Waals surface area contributed by atoms with Crippen LogP contribution in [0.15, 0.2) is 0 Å². The maximum atomic E-state index is 8.68. The molecule has 4 heteroatoms. The molecule has 1 aliphatic carbocycles. The number of nitrogens with one attached hydrogen (secondary N) is 1. The molecule has 0 unspecified atom stereocenters. The summed E-state index contributed by atoms with van der Waals surface area (Å²) in [7, 11) is 0. The zero-order valence-electron chi connectivity index (χ0n) is 9.08. The van der Waals surface area contributed by atoms with Gasteiger partial charge in [0.05, 0.1) is 0 Å². The van der Waals surface area contributed by atoms with Crippen molar-refractivity contribution in [2.45, 2.75) is 50.9 Å². The van der Waals surface area contributed by atoms with Gasteiger partial charge in [0.1, 0.15) is 5.82 Å². The van der Waals surface area contributed by atoms with Crippen molar-refractivity contribution < 1.29 is 5.11 Å². The number of hydrogen-bond acceptors (Lipinski definition) is 3. The lowest BCUT2D eigenvalue weighted by molar-refractivity contribution is 0.284. The summed E-state index contributed by atoms with van der Waals surface area (Å²) in [6.07, 6.45) is 7.86. The van der Waals surface area contributed by atoms with E-state index in [9.17, 15) is 0 Å². The molecule has 0 amide bonds. The first-order valence-electron chi connectivity index (χ1n) is 5.92. The summed E-state index contributed by atoms with van der Waals surface area (Å²) in [6.45, 7) is 0.267. The van der Waals surface area contributed by atoms with E-state index in [2.05, 4.69) is 15.2 Å². The standard InChI is InChI=1S/C11H19N3O/c15-8-4-3-7-10-12-11(14-13-10)9-5-1-2-6-9/h9,15H,1-8H2,(H,12,13,14). The van der Waals surface area contributed by atoms with Gasteiger partial charge >= 0.3 is 0 Å². The number of aliphatic hydroxyl groups is 1. The molecule has 84 valence electrons. The highest BCUT2D eigenvalue weighted by molar-refractivity contribution is 4.99. The maximum Gasteiger partial charge on any atom is 0.153 e. The third-order valence-corrected chi connectivity index (χ3v) is 3.09. The number of nitrogens with zero attached hydrogens (tertiary/aromatic N) is 2. The van der Waals surface area contributed by atoms with Crippen molar-refractivity contribution in [3.05, 3.63) is 11.6 Å². The number of H-pyrrole nitrogens is 1. The molecule has 2 rings (SSSR count). The minimum Gasteiger partial charge on any atom is -0.396 e. The summed E-state index contributed by atoms with van der Waals surface area (Å²) in [5.74, 6) is 2.57. The van der Waals surface area contributed by atoms with Crippen LogP contribution in [-0.2, 0) is 6.42 Å². The van der Waals surface area contributed by atoms with Crippen LogP contribution in [0.4, 0.5) is 0 Å². The van der Waals surface area contributed by atoms with Gasteiger partial charge in [-0.3, -0.25) is 5.10 Å². The molecule has 0 atom stereocenters. The molecular formula is C11H19N3O. The molecule has 1 aromatic heterocycles. The zero-order valence-corrected chi connectivity index (χ0v) is 9.08. The van der Waals surface area contributed by atoms with Gasteiger partial charge < -0.3 is 5.11 Å². The van der Waals surface area contributed by atoms with Gasteiger partial charge in [-0.1, -0.05) is 12.8 Å². The summed E-state index contributed by atoms with van der Waals surface area (Å²) in [4.78, 5) is 4.52. The summed E-state index contributed by atoms with van der Waals surface area (Å²) >= 11 is 0. The number of hydrogen-bond donors (Lipinski definition) is 2. The van der Waals surface area contributed by atoms with Crippen LogP contribution in [0.1, 0.15) is 56.1 Å². The maximum absolute atomic E-state index is 8.68. The largest absolute Gasteiger partial charge is 0.396 e. The molecule has 0 aromatic carbocycles. The van der Waals surface area contributed by atoms with Crippen LogP contribution in [0.5, 0.6) is 0 Å². The van der Waals surface area contributed by atoms with E-state index >= 15 is 0 Å². The molecule has 1 fully saturated rings. The van der Waals surface area contributed by atoms with Crippen molar-refractivity contribution in [3.8, 4) is 0 Å². The Balaban J connectivity index is 1.86. The van der Waals surface area contributed by atoms with E-state index < -0.39 is 0 Å². The number of rotatable bonds is 5. The fourth-order valence-corrected chi connectivity index (χ4v) is 2.19. The fraction of sp³-hybridized carbons (Fsp3) is 0.818. The van der Waals surface area contributed by atoms with E-state index in [1.807, 2.05) is 0 Å². The number of aromatic nitrogens is 3. The normalized spacial score (nSPS) is 17.4. The topological polar surface area (TPSA) is 61.8 Å². The molecule has 0 bridgehead atoms. The molecule has 1 aromatic rings. The zero-order chi connectivity index (χ0) is 10.5. The van der Waals surface area contributed by atoms with Gasteiger partial charge in [-0.25, -0.2) is 4.98 Å². The summed E-state index contributed by atoms with van der Waals surface area (Å²) in [6, 6.07) is 0. The molecule has 1 aliphatic rings. The Labute approximate surface area is 90.1 Å². The Kier molecular flexibility index (Phi) is 3.72. The van der Waals surface area contributed by atoms with E-state index in [1.54, 1.807) is 0 Å². The second-order valence-electron chi connectivity index (χ2n) is 4.30. The first-order valence-corrected chi connectivity index (χ1v) is 5.92. The highest BCUT2D eigenvalue weighted by atomic mass is 16.2. The third-order valence-electron chi connectivity index (χ3n) is 3.09. The average molecular weight is 209 g/mol. The SMILES string of the molecule is OCCCCc1nc(C2CCCC2)n[nH]1. The molecule has 1 saturated carbocycles. The number of aromatic amines is 1. The molecule has 15 heavy (non-hydrogen) atoms. The van der Waals surface area contributed by atoms with Gasteiger partial charge in [0, 0.05) is 18.9 Å². The smallest absolute Gasteiger partial charge is 0.153 e. The van der Waals surface area contributed by atoms with Crippen LogP contribution in [0.3, 0.4) is 0 Å². The number of unbranched alkanes of at least 4 members (excludes halogenated alkanes) is 1. The van der Waals surface area contributed by atoms with Crippen LogP contribution in [-0.4, -0.2) is 26.9 Å². The lowest BCUT2D eigenvalue weighted by Crippen LogP contribution is -1.95. The van der Waals surface area contributed by atoms with Crippen LogP contribution in [0.25, 0.3) is 0 Å². The Morgan fingerprint density at radius 3 is 2.80 bits per heavy atom. The third kappa shape index (κ3) is 2.78. The fourth-order valence-electron chi connectivity index (χ4n) is 2.19. The highest BCUT2D eigenvalue weighted by Crippen LogP contribution is 2.31. The predicted octanol–water partition coefficient (Wildman–Crippen LogP) is 1.78. The first kappa shape index (κ1) is 10.6. The lowest BCUT2D eigenvalue weighted by Gasteiger charge is -2.00. The predicted molar refractivity (Wildman–Crippen MR) is 57.6 cm³/mol. The van der Waals surface area contributed by atoms with Crippen LogP contribution in [0.2, 0.25) is 0 Å². The van der Waals surface area contributed by atoms with Gasteiger partial charge in [-0.2, -0.15) is 5.10 Å². The van der Waals surface area contributed by atoms with E-state index in [-0.39, 0.29) is 6.61 Å². The Morgan fingerprint density at radius 2 is 2.07 bits per heavy atom. The van der Waals surface area contributed by atoms with Crippen LogP contribution in [0, 0.1) is 0 Å². The monoisotopic (exact) mass is 209 g/mol. The van der Waals surface area contributed by atoms with Gasteiger partial charge in [-0.15, -0.1) is 0 Å². The molecule has 0 radical (unpaired) electrons. The van der Waals surface area contributed by atoms with Gasteiger partial charge in [-0.05, 0) is 25.7 Å². The van der Waals surface area contributed by atoms with Crippen molar-refractivity contribution in [1.82, 2.24) is 15.2 Å². The van der Waals surface area contributed by atoms with Crippen molar-refractivity contribution in [2.75, 3.05) is 6.61 Å². The molecule has 0 aliphatic heterocycles. The van der Waals surface area contributed by atoms with Crippen molar-refractivity contribution >= 4 is 0 Å². The summed E-state index contributed by atoms with van der Waals surface area (Å²) < 4.78 is 0. The van der Waals surface area contributed by atoms with Crippen LogP contribution < -0.4 is 0 Å². The second-order valence-corrected chi connectivity index (χ2v) is 4.30. The number of aryl methyl sites for hydroxylation is 1. The Hall–Kier alpha value is -0.900. The molecule has 4 nitrogen and oxygen atoms in total.